The van der Waals surface area contributed by atoms with Crippen molar-refractivity contribution in [2.75, 3.05) is 17.2 Å². The van der Waals surface area contributed by atoms with Crippen molar-refractivity contribution >= 4 is 35.0 Å². The highest BCUT2D eigenvalue weighted by atomic mass is 16.6. The number of nitro benzene ring substituents is 1. The minimum Gasteiger partial charge on any atom is -0.483 e. The number of nitro groups is 1. The second-order valence-electron chi connectivity index (χ2n) is 8.08. The molecule has 2 N–H and O–H groups in total. The number of ether oxygens (including phenoxy) is 1. The summed E-state index contributed by atoms with van der Waals surface area (Å²) in [7, 11) is 0. The van der Waals surface area contributed by atoms with Crippen molar-refractivity contribution in [1.29, 1.82) is 5.26 Å². The van der Waals surface area contributed by atoms with E-state index in [1.54, 1.807) is 36.4 Å². The second-order valence-corrected chi connectivity index (χ2v) is 8.08. The van der Waals surface area contributed by atoms with Gasteiger partial charge in [0.25, 0.3) is 17.5 Å². The molecule has 0 heterocycles. The largest absolute Gasteiger partial charge is 0.483 e. The summed E-state index contributed by atoms with van der Waals surface area (Å²) in [4.78, 5) is 35.6. The van der Waals surface area contributed by atoms with E-state index >= 15 is 0 Å². The molecule has 0 unspecified atom stereocenters. The van der Waals surface area contributed by atoms with Crippen LogP contribution in [0.15, 0.2) is 78.4 Å². The Labute approximate surface area is 208 Å². The van der Waals surface area contributed by atoms with Crippen LogP contribution in [0, 0.1) is 21.4 Å². The molecule has 0 aliphatic heterocycles. The lowest BCUT2D eigenvalue weighted by Gasteiger charge is -2.11. The Morgan fingerprint density at radius 2 is 1.69 bits per heavy atom. The quantitative estimate of drug-likeness (QED) is 0.184. The minimum absolute atomic E-state index is 0.102. The lowest BCUT2D eigenvalue weighted by Crippen LogP contribution is -2.20. The average molecular weight is 485 g/mol. The molecule has 0 fully saturated rings. The Hall–Kier alpha value is -4.97. The van der Waals surface area contributed by atoms with Gasteiger partial charge in [-0.25, -0.2) is 0 Å². The molecular weight excluding hydrogens is 460 g/mol. The number of para-hydroxylation sites is 1. The van der Waals surface area contributed by atoms with E-state index in [-0.39, 0.29) is 29.2 Å². The van der Waals surface area contributed by atoms with Gasteiger partial charge in [-0.2, -0.15) is 5.26 Å². The zero-order valence-electron chi connectivity index (χ0n) is 19.7. The van der Waals surface area contributed by atoms with Crippen LogP contribution < -0.4 is 15.4 Å². The van der Waals surface area contributed by atoms with Crippen LogP contribution in [-0.2, 0) is 9.59 Å². The summed E-state index contributed by atoms with van der Waals surface area (Å²) < 4.78 is 5.56. The summed E-state index contributed by atoms with van der Waals surface area (Å²) in [6, 6.07) is 21.5. The first-order chi connectivity index (χ1) is 17.3. The predicted octanol–water partition coefficient (Wildman–Crippen LogP) is 5.28. The van der Waals surface area contributed by atoms with E-state index in [4.69, 9.17) is 4.74 Å². The molecule has 3 aromatic rings. The maximum Gasteiger partial charge on any atom is 0.270 e. The number of amides is 2. The lowest BCUT2D eigenvalue weighted by atomic mass is 10.0. The van der Waals surface area contributed by atoms with Crippen molar-refractivity contribution in [3.63, 3.8) is 0 Å². The van der Waals surface area contributed by atoms with Gasteiger partial charge in [0.05, 0.1) is 4.92 Å². The molecule has 0 spiro atoms. The van der Waals surface area contributed by atoms with Crippen molar-refractivity contribution < 1.29 is 19.2 Å². The number of carbonyl (C=O) groups excluding carboxylic acids is 2. The number of nitriles is 1. The Morgan fingerprint density at radius 1 is 1.03 bits per heavy atom. The van der Waals surface area contributed by atoms with Crippen LogP contribution in [-0.4, -0.2) is 23.3 Å². The molecule has 3 rings (SSSR count). The van der Waals surface area contributed by atoms with Crippen molar-refractivity contribution in [2.24, 2.45) is 0 Å². The van der Waals surface area contributed by atoms with Gasteiger partial charge in [0, 0.05) is 29.1 Å². The van der Waals surface area contributed by atoms with Crippen molar-refractivity contribution in [1.82, 2.24) is 0 Å². The SMILES string of the molecule is CC(C)c1ccc(NC(=O)/C(C#N)=C/c2cc([N+](=O)[O-])ccc2OCC(=O)Nc2ccccc2)cc1. The predicted molar refractivity (Wildman–Crippen MR) is 136 cm³/mol. The molecule has 3 aromatic carbocycles. The summed E-state index contributed by atoms with van der Waals surface area (Å²) in [5, 5.41) is 26.2. The number of nitrogens with one attached hydrogen (secondary N) is 2. The number of nitrogens with zero attached hydrogens (tertiary/aromatic N) is 2. The van der Waals surface area contributed by atoms with E-state index in [9.17, 15) is 25.0 Å². The minimum atomic E-state index is -0.686. The average Bonchev–Trinajstić information content (AvgIpc) is 2.87. The topological polar surface area (TPSA) is 134 Å². The van der Waals surface area contributed by atoms with Gasteiger partial charge in [0.2, 0.25) is 0 Å². The van der Waals surface area contributed by atoms with Gasteiger partial charge in [-0.1, -0.05) is 44.2 Å². The fraction of sp³-hybridized carbons (Fsp3) is 0.148. The van der Waals surface area contributed by atoms with Crippen molar-refractivity contribution in [3.8, 4) is 11.8 Å². The highest BCUT2D eigenvalue weighted by Gasteiger charge is 2.16. The third-order valence-corrected chi connectivity index (χ3v) is 5.12. The van der Waals surface area contributed by atoms with E-state index in [1.165, 1.54) is 24.3 Å². The number of non-ortho nitro benzene ring substituents is 1. The van der Waals surface area contributed by atoms with Crippen molar-refractivity contribution in [2.45, 2.75) is 19.8 Å². The third-order valence-electron chi connectivity index (χ3n) is 5.12. The summed E-state index contributed by atoms with van der Waals surface area (Å²) >= 11 is 0. The Balaban J connectivity index is 1.80. The normalized spacial score (nSPS) is 10.9. The molecule has 0 aromatic heterocycles. The first-order valence-electron chi connectivity index (χ1n) is 11.1. The third kappa shape index (κ3) is 7.01. The van der Waals surface area contributed by atoms with E-state index in [2.05, 4.69) is 10.6 Å². The summed E-state index contributed by atoms with van der Waals surface area (Å²) in [5.41, 5.74) is 1.74. The van der Waals surface area contributed by atoms with Gasteiger partial charge in [-0.15, -0.1) is 0 Å². The summed E-state index contributed by atoms with van der Waals surface area (Å²) in [5.74, 6) is -0.705. The summed E-state index contributed by atoms with van der Waals surface area (Å²) in [6.07, 6.45) is 1.19. The highest BCUT2D eigenvalue weighted by Crippen LogP contribution is 2.27. The van der Waals surface area contributed by atoms with Gasteiger partial charge in [0.15, 0.2) is 6.61 Å². The van der Waals surface area contributed by atoms with Crippen LogP contribution in [0.3, 0.4) is 0 Å². The molecule has 182 valence electrons. The van der Waals surface area contributed by atoms with Crippen LogP contribution in [0.5, 0.6) is 5.75 Å². The van der Waals surface area contributed by atoms with Crippen LogP contribution >= 0.6 is 0 Å². The maximum atomic E-state index is 12.7. The number of rotatable bonds is 9. The van der Waals surface area contributed by atoms with Gasteiger partial charge < -0.3 is 15.4 Å². The molecule has 9 nitrogen and oxygen atoms in total. The number of benzene rings is 3. The Bertz CT molecular complexity index is 1330. The van der Waals surface area contributed by atoms with Crippen LogP contribution in [0.25, 0.3) is 6.08 Å². The lowest BCUT2D eigenvalue weighted by molar-refractivity contribution is -0.384. The first kappa shape index (κ1) is 25.6. The highest BCUT2D eigenvalue weighted by molar-refractivity contribution is 6.09. The fourth-order valence-electron chi connectivity index (χ4n) is 3.21. The number of carbonyl (C=O) groups is 2. The summed E-state index contributed by atoms with van der Waals surface area (Å²) in [6.45, 7) is 3.71. The van der Waals surface area contributed by atoms with Crippen LogP contribution in [0.1, 0.15) is 30.9 Å². The molecule has 2 amide bonds. The standard InChI is InChI=1S/C27H24N4O5/c1-18(2)19-8-10-23(11-9-19)30-27(33)21(16-28)14-20-15-24(31(34)35)12-13-25(20)36-17-26(32)29-22-6-4-3-5-7-22/h3-15,18H,17H2,1-2H3,(H,29,32)(H,30,33)/b21-14+. The van der Waals surface area contributed by atoms with E-state index in [0.717, 1.165) is 5.56 Å². The van der Waals surface area contributed by atoms with Gasteiger partial charge in [-0.05, 0) is 47.9 Å². The van der Waals surface area contributed by atoms with E-state index in [0.29, 0.717) is 17.3 Å². The van der Waals surface area contributed by atoms with E-state index < -0.39 is 16.7 Å². The van der Waals surface area contributed by atoms with Crippen molar-refractivity contribution in [3.05, 3.63) is 99.6 Å². The smallest absolute Gasteiger partial charge is 0.270 e. The maximum absolute atomic E-state index is 12.7. The molecule has 0 saturated carbocycles. The van der Waals surface area contributed by atoms with Crippen LogP contribution in [0.4, 0.5) is 17.1 Å². The number of hydrogen-bond donors (Lipinski definition) is 2. The number of anilines is 2. The molecule has 9 heteroatoms. The van der Waals surface area contributed by atoms with E-state index in [1.807, 2.05) is 38.1 Å². The Morgan fingerprint density at radius 3 is 2.31 bits per heavy atom. The molecule has 0 aliphatic carbocycles. The zero-order valence-corrected chi connectivity index (χ0v) is 19.7. The molecular formula is C27H24N4O5. The zero-order chi connectivity index (χ0) is 26.1. The van der Waals surface area contributed by atoms with Gasteiger partial charge in [0.1, 0.15) is 17.4 Å². The molecule has 0 atom stereocenters. The molecule has 36 heavy (non-hydrogen) atoms. The molecule has 0 bridgehead atoms. The molecule has 0 saturated heterocycles. The van der Waals surface area contributed by atoms with Gasteiger partial charge in [-0.3, -0.25) is 19.7 Å². The van der Waals surface area contributed by atoms with Crippen LogP contribution in [0.2, 0.25) is 0 Å². The second kappa shape index (κ2) is 11.9. The molecule has 0 aliphatic rings. The monoisotopic (exact) mass is 484 g/mol. The number of hydrogen-bond acceptors (Lipinski definition) is 6. The molecule has 0 radical (unpaired) electrons. The van der Waals surface area contributed by atoms with Gasteiger partial charge >= 0.3 is 0 Å². The Kier molecular flexibility index (Phi) is 8.51. The fourth-order valence-corrected chi connectivity index (χ4v) is 3.21. The first-order valence-corrected chi connectivity index (χ1v) is 11.1.